The van der Waals surface area contributed by atoms with Gasteiger partial charge in [-0.25, -0.2) is 0 Å². The molecule has 0 bridgehead atoms. The third kappa shape index (κ3) is 14.7. The van der Waals surface area contributed by atoms with Gasteiger partial charge in [-0.2, -0.15) is 0 Å². The van der Waals surface area contributed by atoms with Gasteiger partial charge in [0.15, 0.2) is 0 Å². The third-order valence-corrected chi connectivity index (χ3v) is 5.78. The molecule has 1 heterocycles. The van der Waals surface area contributed by atoms with Crippen LogP contribution in [0.1, 0.15) is 110 Å². The van der Waals surface area contributed by atoms with Crippen molar-refractivity contribution in [3.8, 4) is 5.75 Å². The van der Waals surface area contributed by atoms with Crippen molar-refractivity contribution in [2.75, 3.05) is 7.11 Å². The van der Waals surface area contributed by atoms with E-state index in [1.165, 1.54) is 36.6 Å². The summed E-state index contributed by atoms with van der Waals surface area (Å²) >= 11 is 0. The first-order valence-corrected chi connectivity index (χ1v) is 14.1. The number of allylic oxidation sites excluding steroid dienone is 4. The van der Waals surface area contributed by atoms with Gasteiger partial charge in [0.2, 0.25) is 0 Å². The molecule has 0 radical (unpaired) electrons. The van der Waals surface area contributed by atoms with Gasteiger partial charge in [-0.3, -0.25) is 4.98 Å². The van der Waals surface area contributed by atoms with Gasteiger partial charge in [-0.15, -0.1) is 0 Å². The average Bonchev–Trinajstić information content (AvgIpc) is 2.90. The second kappa shape index (κ2) is 22.0. The monoisotopic (exact) mass is 521 g/mol. The van der Waals surface area contributed by atoms with Gasteiger partial charge in [0.1, 0.15) is 5.75 Å². The highest BCUT2D eigenvalue weighted by molar-refractivity contribution is 6.08. The van der Waals surface area contributed by atoms with Crippen molar-refractivity contribution in [2.24, 2.45) is 5.92 Å². The largest absolute Gasteiger partial charge is 0.496 e. The molecule has 0 aliphatic rings. The number of methoxy groups -OCH3 is 1. The van der Waals surface area contributed by atoms with Gasteiger partial charge < -0.3 is 15.6 Å². The van der Waals surface area contributed by atoms with Crippen LogP contribution in [0.15, 0.2) is 48.2 Å². The van der Waals surface area contributed by atoms with Crippen molar-refractivity contribution in [1.29, 1.82) is 10.8 Å². The van der Waals surface area contributed by atoms with E-state index in [0.29, 0.717) is 5.71 Å². The summed E-state index contributed by atoms with van der Waals surface area (Å²) in [6.07, 6.45) is 12.2. The fourth-order valence-electron chi connectivity index (χ4n) is 3.40. The number of hydrogen-bond acceptors (Lipinski definition) is 4. The Labute approximate surface area is 234 Å². The fraction of sp³-hybridized carbons (Fsp3) is 0.500. The number of nitrogens with zero attached hydrogens (tertiary/aromatic N) is 1. The summed E-state index contributed by atoms with van der Waals surface area (Å²) in [4.78, 5) is 4.30. The molecule has 0 aliphatic heterocycles. The lowest BCUT2D eigenvalue weighted by atomic mass is 10.0. The zero-order valence-electron chi connectivity index (χ0n) is 26.4. The minimum Gasteiger partial charge on any atom is -0.496 e. The number of pyridine rings is 1. The van der Waals surface area contributed by atoms with E-state index in [1.54, 1.807) is 20.2 Å². The first kappa shape index (κ1) is 37.1. The zero-order chi connectivity index (χ0) is 29.7. The van der Waals surface area contributed by atoms with Crippen molar-refractivity contribution >= 4 is 17.5 Å². The van der Waals surface area contributed by atoms with Crippen LogP contribution < -0.4 is 4.74 Å². The first-order chi connectivity index (χ1) is 18.1. The number of aromatic nitrogens is 1. The SMILES string of the molecule is CC.CC(=N)c1cnc(C(C=N)=C(C)C)cc1C.CC/C=C\C(C)CC.CCCc1ccc(C)cc1OC. The summed E-state index contributed by atoms with van der Waals surface area (Å²) in [5.41, 5.74) is 7.69. The number of ether oxygens (including phenoxy) is 1. The van der Waals surface area contributed by atoms with E-state index in [2.05, 4.69) is 70.0 Å². The Hall–Kier alpha value is -3.01. The van der Waals surface area contributed by atoms with Gasteiger partial charge in [0.05, 0.1) is 12.8 Å². The number of rotatable bonds is 9. The second-order valence-corrected chi connectivity index (χ2v) is 9.35. The Balaban J connectivity index is 0. The molecule has 1 atom stereocenters. The Morgan fingerprint density at radius 1 is 1.05 bits per heavy atom. The number of nitrogens with one attached hydrogen (secondary N) is 2. The lowest BCUT2D eigenvalue weighted by molar-refractivity contribution is 0.409. The highest BCUT2D eigenvalue weighted by Crippen LogP contribution is 2.21. The topological polar surface area (TPSA) is 69.8 Å². The summed E-state index contributed by atoms with van der Waals surface area (Å²) in [7, 11) is 1.73. The lowest BCUT2D eigenvalue weighted by Gasteiger charge is -2.08. The van der Waals surface area contributed by atoms with Crippen molar-refractivity contribution in [3.63, 3.8) is 0 Å². The maximum absolute atomic E-state index is 7.59. The van der Waals surface area contributed by atoms with E-state index in [9.17, 15) is 0 Å². The van der Waals surface area contributed by atoms with Crippen LogP contribution in [0.3, 0.4) is 0 Å². The van der Waals surface area contributed by atoms with Gasteiger partial charge in [0, 0.05) is 29.3 Å². The summed E-state index contributed by atoms with van der Waals surface area (Å²) in [5, 5.41) is 15.0. The summed E-state index contributed by atoms with van der Waals surface area (Å²) in [6, 6.07) is 8.30. The molecule has 0 aliphatic carbocycles. The molecule has 0 spiro atoms. The summed E-state index contributed by atoms with van der Waals surface area (Å²) in [5.74, 6) is 1.80. The number of hydrogen-bond donors (Lipinski definition) is 2. The zero-order valence-corrected chi connectivity index (χ0v) is 26.4. The Kier molecular flexibility index (Phi) is 21.5. The standard InChI is InChI=1S/C13H17N3.C11H16O.C8H16.C2H6/c1-8(2)11(6-14)13-5-9(3)12(7-16-13)10(4)15;1-4-5-10-7-6-9(2)8-11(10)12-3;1-4-6-7-8(3)5-2;1-2/h5-7,14-15H,1-4H3;6-8H,4-5H2,1-3H3;6-8H,4-5H2,1-3H3;1-2H3/b;;7-6-;. The summed E-state index contributed by atoms with van der Waals surface area (Å²) in [6.45, 7) is 22.5. The Bertz CT molecular complexity index is 1010. The van der Waals surface area contributed by atoms with Crippen LogP contribution in [0, 0.1) is 30.6 Å². The molecule has 2 aromatic rings. The van der Waals surface area contributed by atoms with E-state index in [4.69, 9.17) is 15.6 Å². The first-order valence-electron chi connectivity index (χ1n) is 14.1. The van der Waals surface area contributed by atoms with E-state index in [0.717, 1.165) is 46.1 Å². The van der Waals surface area contributed by atoms with Crippen molar-refractivity contribution in [3.05, 3.63) is 76.1 Å². The maximum atomic E-state index is 7.59. The molecular formula is C34H55N3O. The molecule has 1 aromatic carbocycles. The molecule has 0 fully saturated rings. The van der Waals surface area contributed by atoms with E-state index in [1.807, 2.05) is 40.7 Å². The lowest BCUT2D eigenvalue weighted by Crippen LogP contribution is -2.01. The smallest absolute Gasteiger partial charge is 0.122 e. The third-order valence-electron chi connectivity index (χ3n) is 5.78. The number of benzene rings is 1. The average molecular weight is 522 g/mol. The highest BCUT2D eigenvalue weighted by Gasteiger charge is 2.07. The Morgan fingerprint density at radius 3 is 2.11 bits per heavy atom. The molecule has 4 heteroatoms. The van der Waals surface area contributed by atoms with Gasteiger partial charge in [0.25, 0.3) is 0 Å². The van der Waals surface area contributed by atoms with Crippen LogP contribution in [-0.2, 0) is 6.42 Å². The van der Waals surface area contributed by atoms with Crippen LogP contribution in [0.5, 0.6) is 5.75 Å². The molecule has 2 N–H and O–H groups in total. The maximum Gasteiger partial charge on any atom is 0.122 e. The normalized spacial score (nSPS) is 10.5. The van der Waals surface area contributed by atoms with E-state index >= 15 is 0 Å². The molecule has 0 saturated carbocycles. The van der Waals surface area contributed by atoms with E-state index in [-0.39, 0.29) is 0 Å². The molecular weight excluding hydrogens is 466 g/mol. The minimum absolute atomic E-state index is 0.519. The molecule has 2 rings (SSSR count). The van der Waals surface area contributed by atoms with E-state index < -0.39 is 0 Å². The predicted molar refractivity (Wildman–Crippen MR) is 170 cm³/mol. The van der Waals surface area contributed by atoms with Crippen LogP contribution in [-0.4, -0.2) is 24.0 Å². The van der Waals surface area contributed by atoms with Crippen molar-refractivity contribution in [2.45, 2.75) is 102 Å². The molecule has 0 amide bonds. The Morgan fingerprint density at radius 2 is 1.68 bits per heavy atom. The van der Waals surface area contributed by atoms with Gasteiger partial charge >= 0.3 is 0 Å². The van der Waals surface area contributed by atoms with Gasteiger partial charge in [-0.1, -0.05) is 84.2 Å². The molecule has 1 aromatic heterocycles. The van der Waals surface area contributed by atoms with Crippen LogP contribution >= 0.6 is 0 Å². The van der Waals surface area contributed by atoms with Crippen LogP contribution in [0.25, 0.3) is 5.57 Å². The predicted octanol–water partition coefficient (Wildman–Crippen LogP) is 10.2. The van der Waals surface area contributed by atoms with Crippen molar-refractivity contribution in [1.82, 2.24) is 4.98 Å². The van der Waals surface area contributed by atoms with Gasteiger partial charge in [-0.05, 0) is 82.2 Å². The molecule has 1 unspecified atom stereocenters. The summed E-state index contributed by atoms with van der Waals surface area (Å²) < 4.78 is 5.28. The van der Waals surface area contributed by atoms with Crippen LogP contribution in [0.4, 0.5) is 0 Å². The minimum atomic E-state index is 0.519. The van der Waals surface area contributed by atoms with Crippen molar-refractivity contribution < 1.29 is 4.74 Å². The molecule has 38 heavy (non-hydrogen) atoms. The highest BCUT2D eigenvalue weighted by atomic mass is 16.5. The van der Waals surface area contributed by atoms with Crippen LogP contribution in [0.2, 0.25) is 0 Å². The second-order valence-electron chi connectivity index (χ2n) is 9.35. The molecule has 0 saturated heterocycles. The molecule has 212 valence electrons. The quantitative estimate of drug-likeness (QED) is 0.254. The number of aryl methyl sites for hydroxylation is 3. The molecule has 4 nitrogen and oxygen atoms in total. The fourth-order valence-corrected chi connectivity index (χ4v) is 3.40.